The van der Waals surface area contributed by atoms with Gasteiger partial charge in [-0.3, -0.25) is 0 Å². The Labute approximate surface area is 338 Å². The quantitative estimate of drug-likeness (QED) is 0.121. The summed E-state index contributed by atoms with van der Waals surface area (Å²) >= 11 is 0. The van der Waals surface area contributed by atoms with E-state index in [-0.39, 0.29) is 34.6 Å². The topological polar surface area (TPSA) is 179 Å². The van der Waals surface area contributed by atoms with Crippen LogP contribution < -0.4 is 16.0 Å². The highest BCUT2D eigenvalue weighted by Gasteiger charge is 2.08. The minimum Gasteiger partial charge on any atom is -0.428 e. The van der Waals surface area contributed by atoms with Gasteiger partial charge in [0.15, 0.2) is 16.7 Å². The Morgan fingerprint density at radius 3 is 1.32 bits per heavy atom. The van der Waals surface area contributed by atoms with Gasteiger partial charge in [0.25, 0.3) is 17.7 Å². The second-order valence-electron chi connectivity index (χ2n) is 11.9. The molecule has 0 amide bonds. The van der Waals surface area contributed by atoms with Crippen molar-refractivity contribution in [3.8, 4) is 35.5 Å². The lowest BCUT2D eigenvalue weighted by Gasteiger charge is -1.97. The van der Waals surface area contributed by atoms with Crippen LogP contribution in [0.3, 0.4) is 0 Å². The molecule has 0 aliphatic heterocycles. The summed E-state index contributed by atoms with van der Waals surface area (Å²) in [7, 11) is 5.45. The minimum atomic E-state index is -0.602. The van der Waals surface area contributed by atoms with E-state index in [0.29, 0.717) is 22.4 Å². The molecule has 8 heterocycles. The van der Waals surface area contributed by atoms with E-state index in [1.807, 2.05) is 56.6 Å². The summed E-state index contributed by atoms with van der Waals surface area (Å²) in [6.07, 6.45) is 3.31. The normalized spacial score (nSPS) is 10.1. The van der Waals surface area contributed by atoms with Gasteiger partial charge in [-0.1, -0.05) is 11.8 Å². The number of anilines is 3. The molecule has 0 aliphatic rings. The van der Waals surface area contributed by atoms with Crippen LogP contribution in [-0.2, 0) is 0 Å². The van der Waals surface area contributed by atoms with Crippen molar-refractivity contribution in [3.63, 3.8) is 0 Å². The number of aromatic nitrogens is 8. The predicted octanol–water partition coefficient (Wildman–Crippen LogP) is 7.20. The molecule has 0 spiro atoms. The molecule has 1 aromatic carbocycles. The number of hydrogen-bond donors (Lipinski definition) is 3. The van der Waals surface area contributed by atoms with Gasteiger partial charge in [0.2, 0.25) is 34.8 Å². The molecule has 0 saturated carbocycles. The van der Waals surface area contributed by atoms with E-state index in [0.717, 1.165) is 28.3 Å². The molecular weight excluding hydrogens is 776 g/mol. The molecule has 0 fully saturated rings. The number of hydrogen-bond acceptors (Lipinski definition) is 14. The molecule has 14 nitrogen and oxygen atoms in total. The lowest BCUT2D eigenvalue weighted by Crippen LogP contribution is -1.91. The van der Waals surface area contributed by atoms with Crippen molar-refractivity contribution in [2.45, 2.75) is 0 Å². The van der Waals surface area contributed by atoms with Gasteiger partial charge in [-0.2, -0.15) is 43.1 Å². The van der Waals surface area contributed by atoms with Crippen molar-refractivity contribution in [1.29, 1.82) is 0 Å². The maximum absolute atomic E-state index is 12.9. The third kappa shape index (κ3) is 10.4. The van der Waals surface area contributed by atoms with Gasteiger partial charge in [0, 0.05) is 44.2 Å². The number of fused-ring (bicyclic) bond motifs is 3. The maximum atomic E-state index is 12.9. The van der Waals surface area contributed by atoms with Gasteiger partial charge in [0.1, 0.15) is 11.5 Å². The van der Waals surface area contributed by atoms with Crippen LogP contribution in [0.25, 0.3) is 33.7 Å². The summed E-state index contributed by atoms with van der Waals surface area (Å²) < 4.78 is 54.8. The van der Waals surface area contributed by atoms with E-state index in [9.17, 15) is 13.2 Å². The lowest BCUT2D eigenvalue weighted by atomic mass is 10.2. The standard InChI is InChI=1S/C15H10FN3O.2C14H9FN4O/c1-17-11-5-2-10(3-6-11)4-9-14-19-15-12(20-14)7-8-13(16)18-15;1-16-12-6-2-9(8-17-12)3-7-13-19-14-10(20-13)4-5-11(15)18-14;1-16-10-3-2-9(17-8-10)4-7-13-19-14-11(20-13)5-6-12(15)18-14/h2-3,5-8,17H,1H3;2,4-6,8H,1H3,(H,16,17);2-3,5-6,8,16H,1H3. The van der Waals surface area contributed by atoms with Gasteiger partial charge in [0.05, 0.1) is 11.9 Å². The zero-order valence-corrected chi connectivity index (χ0v) is 31.7. The molecule has 294 valence electrons. The van der Waals surface area contributed by atoms with Gasteiger partial charge >= 0.3 is 0 Å². The SMILES string of the molecule is CNc1ccc(C#Cc2nc3nc(F)ccc3o2)cc1.CNc1ccc(C#Cc2nc3nc(F)ccc3o2)cn1.CNc1ccc(C#Cc2nc3nc(F)ccc3o2)nc1. The Morgan fingerprint density at radius 1 is 0.417 bits per heavy atom. The van der Waals surface area contributed by atoms with E-state index in [1.165, 1.54) is 36.4 Å². The Balaban J connectivity index is 0.000000136. The van der Waals surface area contributed by atoms with E-state index in [1.54, 1.807) is 25.5 Å². The summed E-state index contributed by atoms with van der Waals surface area (Å²) in [4.78, 5) is 31.1. The third-order valence-electron chi connectivity index (χ3n) is 7.83. The molecule has 9 rings (SSSR count). The number of halogens is 3. The molecule has 0 bridgehead atoms. The fourth-order valence-corrected chi connectivity index (χ4v) is 4.87. The summed E-state index contributed by atoms with van der Waals surface area (Å²) in [5, 5.41) is 8.91. The first-order valence-electron chi connectivity index (χ1n) is 17.6. The Hall–Kier alpha value is -8.75. The number of nitrogens with zero attached hydrogens (tertiary/aromatic N) is 8. The van der Waals surface area contributed by atoms with E-state index >= 15 is 0 Å². The van der Waals surface area contributed by atoms with Crippen molar-refractivity contribution in [3.05, 3.63) is 150 Å². The monoisotopic (exact) mass is 803 g/mol. The third-order valence-corrected chi connectivity index (χ3v) is 7.83. The van der Waals surface area contributed by atoms with Crippen LogP contribution in [0.2, 0.25) is 0 Å². The molecule has 9 aromatic rings. The first-order valence-corrected chi connectivity index (χ1v) is 17.6. The predicted molar refractivity (Wildman–Crippen MR) is 217 cm³/mol. The first-order chi connectivity index (χ1) is 29.2. The highest BCUT2D eigenvalue weighted by molar-refractivity contribution is 5.69. The highest BCUT2D eigenvalue weighted by Crippen LogP contribution is 2.16. The van der Waals surface area contributed by atoms with Gasteiger partial charge in [-0.05, 0) is 109 Å². The number of benzene rings is 1. The number of nitrogens with one attached hydrogen (secondary N) is 3. The summed E-state index contributed by atoms with van der Waals surface area (Å²) in [6, 6.07) is 23.0. The molecule has 3 N–H and O–H groups in total. The van der Waals surface area contributed by atoms with Crippen molar-refractivity contribution in [2.24, 2.45) is 0 Å². The van der Waals surface area contributed by atoms with Gasteiger partial charge < -0.3 is 29.2 Å². The second kappa shape index (κ2) is 18.5. The van der Waals surface area contributed by atoms with Crippen LogP contribution in [0.1, 0.15) is 34.5 Å². The molecule has 8 aromatic heterocycles. The Kier molecular flexibility index (Phi) is 12.1. The lowest BCUT2D eigenvalue weighted by molar-refractivity contribution is 0.577. The smallest absolute Gasteiger partial charge is 0.276 e. The zero-order chi connectivity index (χ0) is 41.8. The van der Waals surface area contributed by atoms with Crippen LogP contribution in [0, 0.1) is 53.4 Å². The fourth-order valence-electron chi connectivity index (χ4n) is 4.87. The Bertz CT molecular complexity index is 2780. The first kappa shape index (κ1) is 39.5. The largest absolute Gasteiger partial charge is 0.428 e. The van der Waals surface area contributed by atoms with E-state index < -0.39 is 17.8 Å². The van der Waals surface area contributed by atoms with Crippen molar-refractivity contribution in [2.75, 3.05) is 37.1 Å². The second-order valence-corrected chi connectivity index (χ2v) is 11.9. The average molecular weight is 804 g/mol. The molecule has 0 radical (unpaired) electrons. The molecule has 0 unspecified atom stereocenters. The molecule has 0 aliphatic carbocycles. The zero-order valence-electron chi connectivity index (χ0n) is 31.7. The van der Waals surface area contributed by atoms with Crippen LogP contribution >= 0.6 is 0 Å². The van der Waals surface area contributed by atoms with Gasteiger partial charge in [-0.25, -0.2) is 9.97 Å². The summed E-state index contributed by atoms with van der Waals surface area (Å²) in [6.45, 7) is 0. The maximum Gasteiger partial charge on any atom is 0.276 e. The van der Waals surface area contributed by atoms with Gasteiger partial charge in [-0.15, -0.1) is 0 Å². The average Bonchev–Trinajstić information content (AvgIpc) is 4.01. The van der Waals surface area contributed by atoms with Crippen molar-refractivity contribution < 1.29 is 26.4 Å². The molecule has 17 heteroatoms. The van der Waals surface area contributed by atoms with Crippen LogP contribution in [0.4, 0.5) is 30.4 Å². The number of pyridine rings is 5. The summed E-state index contributed by atoms with van der Waals surface area (Å²) in [5.41, 5.74) is 5.91. The van der Waals surface area contributed by atoms with E-state index in [2.05, 4.69) is 91.3 Å². The minimum absolute atomic E-state index is 0.178. The number of oxazole rings is 3. The molecule has 60 heavy (non-hydrogen) atoms. The van der Waals surface area contributed by atoms with Crippen molar-refractivity contribution in [1.82, 2.24) is 39.9 Å². The van der Waals surface area contributed by atoms with Crippen LogP contribution in [0.5, 0.6) is 0 Å². The molecule has 0 atom stereocenters. The highest BCUT2D eigenvalue weighted by atomic mass is 19.1. The molecule has 0 saturated heterocycles. The van der Waals surface area contributed by atoms with Crippen LogP contribution in [-0.4, -0.2) is 61.0 Å². The van der Waals surface area contributed by atoms with Crippen molar-refractivity contribution >= 4 is 50.9 Å². The van der Waals surface area contributed by atoms with Crippen LogP contribution in [0.15, 0.2) is 111 Å². The van der Waals surface area contributed by atoms with E-state index in [4.69, 9.17) is 13.3 Å². The Morgan fingerprint density at radius 2 is 0.883 bits per heavy atom. The summed E-state index contributed by atoms with van der Waals surface area (Å²) in [5.74, 6) is 16.5. The number of rotatable bonds is 3. The molecular formula is C43H28F3N11O3. The fraction of sp³-hybridized carbons (Fsp3) is 0.0698.